The van der Waals surface area contributed by atoms with Gasteiger partial charge < -0.3 is 18.7 Å². The van der Waals surface area contributed by atoms with Crippen molar-refractivity contribution in [1.29, 1.82) is 0 Å². The van der Waals surface area contributed by atoms with Crippen LogP contribution < -0.4 is 9.47 Å². The number of nitrogens with zero attached hydrogens (tertiary/aromatic N) is 2. The zero-order valence-electron chi connectivity index (χ0n) is 15.2. The van der Waals surface area contributed by atoms with E-state index in [1.807, 2.05) is 30.3 Å². The molecule has 0 aliphatic heterocycles. The largest absolute Gasteiger partial charge is 0.493 e. The van der Waals surface area contributed by atoms with Crippen LogP contribution in [0.2, 0.25) is 0 Å². The molecule has 0 fully saturated rings. The summed E-state index contributed by atoms with van der Waals surface area (Å²) in [5.41, 5.74) is 2.05. The molecule has 142 valence electrons. The predicted molar refractivity (Wildman–Crippen MR) is 104 cm³/mol. The lowest BCUT2D eigenvalue weighted by molar-refractivity contribution is 0.0464. The van der Waals surface area contributed by atoms with E-state index < -0.39 is 5.97 Å². The summed E-state index contributed by atoms with van der Waals surface area (Å²) in [5.74, 6) is 1.25. The molecule has 0 radical (unpaired) electrons. The number of aromatic nitrogens is 2. The fraction of sp³-hybridized carbons (Fsp3) is 0.150. The fourth-order valence-corrected chi connectivity index (χ4v) is 3.53. The molecular weight excluding hydrogens is 380 g/mol. The Morgan fingerprint density at radius 1 is 1.07 bits per heavy atom. The van der Waals surface area contributed by atoms with E-state index in [4.69, 9.17) is 18.7 Å². The molecule has 2 aromatic heterocycles. The quantitative estimate of drug-likeness (QED) is 0.449. The van der Waals surface area contributed by atoms with Crippen molar-refractivity contribution < 1.29 is 23.5 Å². The van der Waals surface area contributed by atoms with Crippen LogP contribution in [0.4, 0.5) is 0 Å². The first-order chi connectivity index (χ1) is 13.7. The maximum atomic E-state index is 12.3. The van der Waals surface area contributed by atoms with Gasteiger partial charge in [-0.05, 0) is 30.3 Å². The Hall–Kier alpha value is -3.39. The molecule has 0 unspecified atom stereocenters. The number of carbonyl (C=O) groups is 1. The Morgan fingerprint density at radius 2 is 1.89 bits per heavy atom. The molecule has 2 heterocycles. The topological polar surface area (TPSA) is 83.7 Å². The van der Waals surface area contributed by atoms with Gasteiger partial charge in [0, 0.05) is 11.6 Å². The molecular formula is C20H16N2O5S. The van der Waals surface area contributed by atoms with Crippen LogP contribution in [-0.4, -0.2) is 30.3 Å². The zero-order valence-corrected chi connectivity index (χ0v) is 16.0. The Bertz CT molecular complexity index is 1100. The van der Waals surface area contributed by atoms with E-state index in [1.165, 1.54) is 11.3 Å². The van der Waals surface area contributed by atoms with Gasteiger partial charge in [0.25, 0.3) is 0 Å². The minimum Gasteiger partial charge on any atom is -0.493 e. The summed E-state index contributed by atoms with van der Waals surface area (Å²) in [4.78, 5) is 16.5. The number of ether oxygens (including phenoxy) is 3. The molecule has 2 aromatic carbocycles. The Labute approximate surface area is 164 Å². The third-order valence-corrected chi connectivity index (χ3v) is 5.06. The van der Waals surface area contributed by atoms with Gasteiger partial charge >= 0.3 is 5.97 Å². The van der Waals surface area contributed by atoms with Crippen LogP contribution in [0.15, 0.2) is 53.1 Å². The summed E-state index contributed by atoms with van der Waals surface area (Å²) in [6.07, 6.45) is 0. The van der Waals surface area contributed by atoms with E-state index >= 15 is 0 Å². The molecule has 4 aromatic rings. The highest BCUT2D eigenvalue weighted by Gasteiger charge is 2.16. The molecule has 0 bridgehead atoms. The maximum absolute atomic E-state index is 12.3. The van der Waals surface area contributed by atoms with Gasteiger partial charge in [-0.2, -0.15) is 0 Å². The summed E-state index contributed by atoms with van der Waals surface area (Å²) < 4.78 is 22.1. The molecule has 8 heteroatoms. The average molecular weight is 396 g/mol. The summed E-state index contributed by atoms with van der Waals surface area (Å²) >= 11 is 1.29. The molecule has 0 spiro atoms. The second kappa shape index (κ2) is 7.69. The van der Waals surface area contributed by atoms with E-state index in [0.717, 1.165) is 15.8 Å². The van der Waals surface area contributed by atoms with Gasteiger partial charge in [0.15, 0.2) is 17.3 Å². The van der Waals surface area contributed by atoms with Crippen molar-refractivity contribution in [2.24, 2.45) is 0 Å². The first-order valence-corrected chi connectivity index (χ1v) is 9.20. The Balaban J connectivity index is 1.45. The van der Waals surface area contributed by atoms with Crippen molar-refractivity contribution in [2.45, 2.75) is 6.61 Å². The van der Waals surface area contributed by atoms with Crippen molar-refractivity contribution in [3.63, 3.8) is 0 Å². The molecule has 0 aliphatic rings. The van der Waals surface area contributed by atoms with E-state index in [2.05, 4.69) is 10.1 Å². The van der Waals surface area contributed by atoms with Gasteiger partial charge in [-0.15, -0.1) is 11.3 Å². The lowest BCUT2D eigenvalue weighted by Gasteiger charge is -2.07. The second-order valence-corrected chi connectivity index (χ2v) is 6.85. The van der Waals surface area contributed by atoms with Crippen LogP contribution in [0.25, 0.3) is 21.5 Å². The van der Waals surface area contributed by atoms with E-state index in [-0.39, 0.29) is 6.61 Å². The van der Waals surface area contributed by atoms with E-state index in [0.29, 0.717) is 28.0 Å². The van der Waals surface area contributed by atoms with Gasteiger partial charge in [-0.1, -0.05) is 17.3 Å². The Kier molecular flexibility index (Phi) is 4.94. The standard InChI is InChI=1S/C20H16N2O5S/c1-24-15-8-7-12(9-17(15)25-2)16-10-13(22-27-16)11-26-20(23)19-21-14-5-3-4-6-18(14)28-19/h3-10H,11H2,1-2H3. The van der Waals surface area contributed by atoms with Crippen molar-refractivity contribution in [2.75, 3.05) is 14.2 Å². The molecule has 0 saturated heterocycles. The number of esters is 1. The third-order valence-electron chi connectivity index (χ3n) is 4.05. The van der Waals surface area contributed by atoms with Gasteiger partial charge in [0.2, 0.25) is 5.01 Å². The van der Waals surface area contributed by atoms with E-state index in [9.17, 15) is 4.79 Å². The Morgan fingerprint density at radius 3 is 2.68 bits per heavy atom. The second-order valence-electron chi connectivity index (χ2n) is 5.82. The fourth-order valence-electron chi connectivity index (χ4n) is 2.67. The summed E-state index contributed by atoms with van der Waals surface area (Å²) in [5, 5.41) is 4.27. The number of thiazole rings is 1. The third kappa shape index (κ3) is 3.54. The molecule has 4 rings (SSSR count). The SMILES string of the molecule is COc1ccc(-c2cc(COC(=O)c3nc4ccccc4s3)no2)cc1OC. The minimum atomic E-state index is -0.489. The number of benzene rings is 2. The number of carbonyl (C=O) groups excluding carboxylic acids is 1. The van der Waals surface area contributed by atoms with Crippen molar-refractivity contribution in [3.8, 4) is 22.8 Å². The highest BCUT2D eigenvalue weighted by molar-refractivity contribution is 7.20. The molecule has 7 nitrogen and oxygen atoms in total. The molecule has 28 heavy (non-hydrogen) atoms. The van der Waals surface area contributed by atoms with E-state index in [1.54, 1.807) is 32.4 Å². The number of rotatable bonds is 6. The molecule has 0 N–H and O–H groups in total. The van der Waals surface area contributed by atoms with Crippen molar-refractivity contribution in [3.05, 3.63) is 59.2 Å². The zero-order chi connectivity index (χ0) is 19.5. The van der Waals surface area contributed by atoms with Gasteiger partial charge in [-0.25, -0.2) is 9.78 Å². The predicted octanol–water partition coefficient (Wildman–Crippen LogP) is 4.33. The highest BCUT2D eigenvalue weighted by atomic mass is 32.1. The number of hydrogen-bond acceptors (Lipinski definition) is 8. The van der Waals surface area contributed by atoms with Crippen LogP contribution in [0.3, 0.4) is 0 Å². The summed E-state index contributed by atoms with van der Waals surface area (Å²) in [6.45, 7) is -0.00838. The maximum Gasteiger partial charge on any atom is 0.367 e. The summed E-state index contributed by atoms with van der Waals surface area (Å²) in [7, 11) is 3.14. The van der Waals surface area contributed by atoms with Crippen LogP contribution in [0.1, 0.15) is 15.5 Å². The number of fused-ring (bicyclic) bond motifs is 1. The summed E-state index contributed by atoms with van der Waals surface area (Å²) in [6, 6.07) is 14.7. The van der Waals surface area contributed by atoms with Crippen LogP contribution in [-0.2, 0) is 11.3 Å². The van der Waals surface area contributed by atoms with Gasteiger partial charge in [-0.3, -0.25) is 0 Å². The first kappa shape index (κ1) is 18.0. The lowest BCUT2D eigenvalue weighted by atomic mass is 10.1. The molecule has 0 amide bonds. The van der Waals surface area contributed by atoms with Crippen molar-refractivity contribution in [1.82, 2.24) is 10.1 Å². The molecule has 0 saturated carbocycles. The number of methoxy groups -OCH3 is 2. The monoisotopic (exact) mass is 396 g/mol. The van der Waals surface area contributed by atoms with Crippen molar-refractivity contribution >= 4 is 27.5 Å². The average Bonchev–Trinajstić information content (AvgIpc) is 3.38. The highest BCUT2D eigenvalue weighted by Crippen LogP contribution is 2.32. The van der Waals surface area contributed by atoms with Gasteiger partial charge in [0.1, 0.15) is 12.3 Å². The molecule has 0 aliphatic carbocycles. The minimum absolute atomic E-state index is 0.00838. The van der Waals surface area contributed by atoms with Crippen LogP contribution >= 0.6 is 11.3 Å². The number of para-hydroxylation sites is 1. The van der Waals surface area contributed by atoms with Gasteiger partial charge in [0.05, 0.1) is 24.4 Å². The normalized spacial score (nSPS) is 10.8. The number of hydrogen-bond donors (Lipinski definition) is 0. The smallest absolute Gasteiger partial charge is 0.367 e. The first-order valence-electron chi connectivity index (χ1n) is 8.38. The van der Waals surface area contributed by atoms with Crippen LogP contribution in [0, 0.1) is 0 Å². The lowest BCUT2D eigenvalue weighted by Crippen LogP contribution is -2.04. The van der Waals surface area contributed by atoms with Crippen LogP contribution in [0.5, 0.6) is 11.5 Å². The molecule has 0 atom stereocenters.